The normalized spacial score (nSPS) is 17.1. The van der Waals surface area contributed by atoms with Gasteiger partial charge in [-0.3, -0.25) is 4.57 Å². The van der Waals surface area contributed by atoms with Crippen LogP contribution in [0.1, 0.15) is 18.7 Å². The number of aromatic amines is 1. The van der Waals surface area contributed by atoms with Crippen LogP contribution in [-0.4, -0.2) is 62.4 Å². The summed E-state index contributed by atoms with van der Waals surface area (Å²) in [5.41, 5.74) is 0.357. The number of benzene rings is 1. The molecule has 1 fully saturated rings. The van der Waals surface area contributed by atoms with Crippen LogP contribution in [0.5, 0.6) is 0 Å². The van der Waals surface area contributed by atoms with Crippen LogP contribution in [-0.2, 0) is 26.9 Å². The van der Waals surface area contributed by atoms with Crippen LogP contribution in [0.15, 0.2) is 39.1 Å². The summed E-state index contributed by atoms with van der Waals surface area (Å²) in [6, 6.07) is 6.30. The number of hydrogen-bond donors (Lipinski definition) is 1. The van der Waals surface area contributed by atoms with Crippen molar-refractivity contribution in [2.75, 3.05) is 12.9 Å². The van der Waals surface area contributed by atoms with Crippen LogP contribution in [0.2, 0.25) is 0 Å². The molecule has 0 saturated carbocycles. The second-order valence-electron chi connectivity index (χ2n) is 6.62. The van der Waals surface area contributed by atoms with Gasteiger partial charge in [-0.1, -0.05) is 11.8 Å². The van der Waals surface area contributed by atoms with E-state index in [1.54, 1.807) is 16.7 Å². The lowest BCUT2D eigenvalue weighted by Crippen LogP contribution is -2.25. The summed E-state index contributed by atoms with van der Waals surface area (Å²) in [5, 5.41) is 18.8. The minimum Gasteiger partial charge on any atom is -0.376 e. The molecule has 3 heterocycles. The van der Waals surface area contributed by atoms with Crippen LogP contribution in [0, 0.1) is 0 Å². The number of sulfone groups is 1. The topological polar surface area (TPSA) is 138 Å². The van der Waals surface area contributed by atoms with Gasteiger partial charge >= 0.3 is 5.69 Å². The molecule has 0 amide bonds. The second-order valence-corrected chi connectivity index (χ2v) is 9.58. The maximum atomic E-state index is 12.1. The highest BCUT2D eigenvalue weighted by Crippen LogP contribution is 2.22. The fraction of sp³-hybridized carbons (Fsp3) is 0.438. The van der Waals surface area contributed by atoms with E-state index in [0.717, 1.165) is 19.1 Å². The van der Waals surface area contributed by atoms with Gasteiger partial charge in [0.15, 0.2) is 20.8 Å². The Hall–Kier alpha value is -2.51. The first-order chi connectivity index (χ1) is 13.9. The van der Waals surface area contributed by atoms with Gasteiger partial charge in [0, 0.05) is 12.9 Å². The number of hydrogen-bond acceptors (Lipinski definition) is 9. The van der Waals surface area contributed by atoms with Crippen LogP contribution in [0.3, 0.4) is 0 Å². The largest absolute Gasteiger partial charge is 0.376 e. The van der Waals surface area contributed by atoms with Gasteiger partial charge in [0.1, 0.15) is 0 Å². The van der Waals surface area contributed by atoms with Crippen molar-refractivity contribution < 1.29 is 13.2 Å². The molecule has 3 aromatic rings. The van der Waals surface area contributed by atoms with E-state index in [9.17, 15) is 13.2 Å². The first-order valence-electron chi connectivity index (χ1n) is 8.89. The van der Waals surface area contributed by atoms with Crippen molar-refractivity contribution in [2.45, 2.75) is 41.3 Å². The third kappa shape index (κ3) is 4.41. The molecule has 1 atom stereocenters. The molecule has 1 N–H and O–H groups in total. The predicted octanol–water partition coefficient (Wildman–Crippen LogP) is 0.422. The Labute approximate surface area is 170 Å². The Bertz CT molecular complexity index is 1140. The van der Waals surface area contributed by atoms with Gasteiger partial charge in [0.25, 0.3) is 0 Å². The SMILES string of the molecule is CS(=O)(=O)c1ccc(-n2nnnc2CSc2n[nH]c(=O)n2CC2CCCO2)cc1. The molecule has 0 aliphatic carbocycles. The second kappa shape index (κ2) is 8.08. The lowest BCUT2D eigenvalue weighted by Gasteiger charge is -2.11. The summed E-state index contributed by atoms with van der Waals surface area (Å²) in [7, 11) is -3.28. The Morgan fingerprint density at radius 2 is 2.10 bits per heavy atom. The summed E-state index contributed by atoms with van der Waals surface area (Å²) in [6.45, 7) is 1.17. The Balaban J connectivity index is 1.50. The van der Waals surface area contributed by atoms with Crippen LogP contribution >= 0.6 is 11.8 Å². The average Bonchev–Trinajstić information content (AvgIpc) is 3.43. The number of nitrogens with zero attached hydrogens (tertiary/aromatic N) is 6. The molecule has 154 valence electrons. The van der Waals surface area contributed by atoms with Gasteiger partial charge < -0.3 is 4.74 Å². The standard InChI is InChI=1S/C16H19N7O4S2/c1-29(25,26)13-6-4-11(5-7-13)23-14(17-20-21-23)10-28-16-19-18-15(24)22(16)9-12-3-2-8-27-12/h4-7,12H,2-3,8-10H2,1H3,(H,18,24). The van der Waals surface area contributed by atoms with Crippen molar-refractivity contribution in [1.82, 2.24) is 35.0 Å². The summed E-state index contributed by atoms with van der Waals surface area (Å²) in [6.07, 6.45) is 3.08. The molecule has 1 aliphatic heterocycles. The lowest BCUT2D eigenvalue weighted by molar-refractivity contribution is 0.0941. The summed E-state index contributed by atoms with van der Waals surface area (Å²) >= 11 is 1.33. The lowest BCUT2D eigenvalue weighted by atomic mass is 10.2. The van der Waals surface area contributed by atoms with Crippen LogP contribution in [0.25, 0.3) is 5.69 Å². The number of rotatable bonds is 7. The number of ether oxygens (including phenoxy) is 1. The number of thioether (sulfide) groups is 1. The predicted molar refractivity (Wildman–Crippen MR) is 104 cm³/mol. The van der Waals surface area contributed by atoms with E-state index in [1.165, 1.54) is 28.6 Å². The van der Waals surface area contributed by atoms with Gasteiger partial charge in [-0.2, -0.15) is 4.68 Å². The molecule has 11 nitrogen and oxygen atoms in total. The molecule has 1 saturated heterocycles. The molecule has 0 radical (unpaired) electrons. The molecule has 2 aromatic heterocycles. The third-order valence-corrected chi connectivity index (χ3v) is 6.61. The van der Waals surface area contributed by atoms with Crippen molar-refractivity contribution >= 4 is 21.6 Å². The van der Waals surface area contributed by atoms with E-state index < -0.39 is 9.84 Å². The van der Waals surface area contributed by atoms with Crippen molar-refractivity contribution in [3.05, 3.63) is 40.6 Å². The van der Waals surface area contributed by atoms with Gasteiger partial charge in [-0.05, 0) is 47.5 Å². The molecule has 29 heavy (non-hydrogen) atoms. The maximum absolute atomic E-state index is 12.1. The van der Waals surface area contributed by atoms with E-state index in [4.69, 9.17) is 4.74 Å². The minimum absolute atomic E-state index is 0.0170. The molecule has 1 aliphatic rings. The third-order valence-electron chi connectivity index (χ3n) is 4.51. The van der Waals surface area contributed by atoms with E-state index in [-0.39, 0.29) is 16.7 Å². The van der Waals surface area contributed by atoms with Crippen molar-refractivity contribution in [2.24, 2.45) is 0 Å². The monoisotopic (exact) mass is 437 g/mol. The first kappa shape index (κ1) is 19.8. The fourth-order valence-electron chi connectivity index (χ4n) is 3.03. The van der Waals surface area contributed by atoms with E-state index in [1.807, 2.05) is 0 Å². The zero-order valence-electron chi connectivity index (χ0n) is 15.6. The van der Waals surface area contributed by atoms with Crippen molar-refractivity contribution in [3.8, 4) is 5.69 Å². The Kier molecular flexibility index (Phi) is 5.52. The number of tetrazole rings is 1. The van der Waals surface area contributed by atoms with Gasteiger partial charge in [-0.25, -0.2) is 18.3 Å². The highest BCUT2D eigenvalue weighted by molar-refractivity contribution is 7.98. The molecular weight excluding hydrogens is 418 g/mol. The molecule has 4 rings (SSSR count). The molecule has 1 aromatic carbocycles. The summed E-state index contributed by atoms with van der Waals surface area (Å²) in [5.74, 6) is 0.914. The quantitative estimate of drug-likeness (QED) is 0.521. The minimum atomic E-state index is -3.28. The van der Waals surface area contributed by atoms with E-state index in [0.29, 0.717) is 35.6 Å². The first-order valence-corrected chi connectivity index (χ1v) is 11.8. The highest BCUT2D eigenvalue weighted by Gasteiger charge is 2.20. The Morgan fingerprint density at radius 1 is 1.31 bits per heavy atom. The molecule has 0 spiro atoms. The smallest absolute Gasteiger partial charge is 0.344 e. The van der Waals surface area contributed by atoms with Gasteiger partial charge in [0.05, 0.1) is 29.0 Å². The summed E-state index contributed by atoms with van der Waals surface area (Å²) < 4.78 is 31.9. The van der Waals surface area contributed by atoms with Gasteiger partial charge in [-0.15, -0.1) is 10.2 Å². The maximum Gasteiger partial charge on any atom is 0.344 e. The zero-order valence-corrected chi connectivity index (χ0v) is 17.2. The van der Waals surface area contributed by atoms with Crippen molar-refractivity contribution in [1.29, 1.82) is 0 Å². The van der Waals surface area contributed by atoms with Crippen LogP contribution < -0.4 is 5.69 Å². The molecule has 0 bridgehead atoms. The van der Waals surface area contributed by atoms with E-state index in [2.05, 4.69) is 25.7 Å². The number of H-pyrrole nitrogens is 1. The number of nitrogens with one attached hydrogen (secondary N) is 1. The van der Waals surface area contributed by atoms with E-state index >= 15 is 0 Å². The number of aromatic nitrogens is 7. The van der Waals surface area contributed by atoms with Crippen LogP contribution in [0.4, 0.5) is 0 Å². The summed E-state index contributed by atoms with van der Waals surface area (Å²) in [4.78, 5) is 12.3. The fourth-order valence-corrected chi connectivity index (χ4v) is 4.52. The van der Waals surface area contributed by atoms with Crippen molar-refractivity contribution in [3.63, 3.8) is 0 Å². The van der Waals surface area contributed by atoms with Gasteiger partial charge in [0.2, 0.25) is 0 Å². The molecule has 13 heteroatoms. The molecular formula is C16H19N7O4S2. The highest BCUT2D eigenvalue weighted by atomic mass is 32.2. The Morgan fingerprint density at radius 3 is 2.79 bits per heavy atom. The molecule has 1 unspecified atom stereocenters. The average molecular weight is 438 g/mol. The zero-order chi connectivity index (χ0) is 20.4.